The topological polar surface area (TPSA) is 119 Å². The fourth-order valence-electron chi connectivity index (χ4n) is 4.57. The Morgan fingerprint density at radius 2 is 0.907 bits per heavy atom. The van der Waals surface area contributed by atoms with Gasteiger partial charge in [-0.05, 0) is 89.9 Å². The average Bonchev–Trinajstić information content (AvgIpc) is 3.14. The summed E-state index contributed by atoms with van der Waals surface area (Å²) < 4.78 is 26.2. The highest BCUT2D eigenvalue weighted by molar-refractivity contribution is 7.46. The van der Waals surface area contributed by atoms with Gasteiger partial charge in [-0.2, -0.15) is 0 Å². The smallest absolute Gasteiger partial charge is 0.462 e. The van der Waals surface area contributed by atoms with E-state index < -0.39 is 32.5 Å². The molecule has 0 rings (SSSR count). The summed E-state index contributed by atoms with van der Waals surface area (Å²) >= 11 is 0. The number of rotatable bonds is 34. The molecule has 0 aromatic carbocycles. The highest BCUT2D eigenvalue weighted by atomic mass is 31.2. The monoisotopic (exact) mass is 768 g/mol. The van der Waals surface area contributed by atoms with E-state index in [-0.39, 0.29) is 19.4 Å². The molecule has 302 valence electrons. The Labute approximate surface area is 327 Å². The minimum atomic E-state index is -4.79. The van der Waals surface area contributed by atoms with Crippen LogP contribution in [0.2, 0.25) is 0 Å². The van der Waals surface area contributed by atoms with Crippen molar-refractivity contribution in [3.63, 3.8) is 0 Å². The molecule has 0 radical (unpaired) electrons. The highest BCUT2D eigenvalue weighted by Gasteiger charge is 2.22. The Morgan fingerprint density at radius 1 is 0.500 bits per heavy atom. The van der Waals surface area contributed by atoms with Gasteiger partial charge in [0.25, 0.3) is 0 Å². The van der Waals surface area contributed by atoms with E-state index in [0.717, 1.165) is 64.2 Å². The van der Waals surface area contributed by atoms with Crippen molar-refractivity contribution < 1.29 is 37.9 Å². The van der Waals surface area contributed by atoms with E-state index in [1.807, 2.05) is 18.2 Å². The van der Waals surface area contributed by atoms with Gasteiger partial charge in [0.15, 0.2) is 6.10 Å². The lowest BCUT2D eigenvalue weighted by atomic mass is 10.2. The number of hydrogen-bond acceptors (Lipinski definition) is 6. The first-order valence-electron chi connectivity index (χ1n) is 19.8. The van der Waals surface area contributed by atoms with Crippen LogP contribution in [0.15, 0.2) is 122 Å². The summed E-state index contributed by atoms with van der Waals surface area (Å²) in [4.78, 5) is 42.7. The van der Waals surface area contributed by atoms with Crippen molar-refractivity contribution in [3.05, 3.63) is 122 Å². The molecule has 0 fully saturated rings. The zero-order chi connectivity index (χ0) is 39.6. The molecule has 0 aromatic heterocycles. The predicted octanol–water partition coefficient (Wildman–Crippen LogP) is 12.2. The Kier molecular flexibility index (Phi) is 36.6. The standard InChI is InChI=1S/C45H69O8P/c1-3-5-7-9-11-13-15-17-19-21-22-24-26-28-30-32-34-36-38-40-45(47)53-43(42-52-54(48,49)50)41-51-44(46)39-37-35-33-31-29-27-25-23-20-18-16-14-12-10-8-6-4-2/h5,7,11-14,17-20,22,24-25,27-28,30-31,33-34,36,43H,3-4,6,8-10,15-16,21,23,26,29,32,35,37-42H2,1-2H3,(H2,48,49,50)/b7-5-,13-11-,14-12-,19-17-,20-18-,24-22-,27-25-,30-28-,33-31-,36-34-/t43-/m1/s1. The van der Waals surface area contributed by atoms with Gasteiger partial charge in [0, 0.05) is 12.8 Å². The van der Waals surface area contributed by atoms with Crippen molar-refractivity contribution in [1.82, 2.24) is 0 Å². The number of carbonyl (C=O) groups is 2. The molecular formula is C45H69O8P. The molecule has 0 aromatic rings. The molecule has 0 bridgehead atoms. The summed E-state index contributed by atoms with van der Waals surface area (Å²) in [5, 5.41) is 0. The normalized spacial score (nSPS) is 13.8. The van der Waals surface area contributed by atoms with E-state index in [2.05, 4.69) is 122 Å². The first-order chi connectivity index (χ1) is 26.3. The van der Waals surface area contributed by atoms with Gasteiger partial charge in [0.1, 0.15) is 6.61 Å². The molecule has 0 spiro atoms. The fraction of sp³-hybridized carbons (Fsp3) is 0.511. The minimum Gasteiger partial charge on any atom is -0.462 e. The van der Waals surface area contributed by atoms with Gasteiger partial charge in [-0.3, -0.25) is 14.1 Å². The maximum Gasteiger partial charge on any atom is 0.469 e. The summed E-state index contributed by atoms with van der Waals surface area (Å²) in [5.74, 6) is -1.06. The third-order valence-electron chi connectivity index (χ3n) is 7.48. The number of phosphoric ester groups is 1. The second kappa shape index (κ2) is 39.2. The number of carbonyl (C=O) groups excluding carboxylic acids is 2. The Hall–Kier alpha value is -3.55. The van der Waals surface area contributed by atoms with Gasteiger partial charge in [-0.1, -0.05) is 148 Å². The highest BCUT2D eigenvalue weighted by Crippen LogP contribution is 2.35. The maximum absolute atomic E-state index is 12.4. The van der Waals surface area contributed by atoms with Crippen LogP contribution in [0.3, 0.4) is 0 Å². The largest absolute Gasteiger partial charge is 0.469 e. The summed E-state index contributed by atoms with van der Waals surface area (Å²) in [6.07, 6.45) is 56.5. The number of unbranched alkanes of at least 4 members (excludes halogenated alkanes) is 4. The van der Waals surface area contributed by atoms with Crippen molar-refractivity contribution in [2.24, 2.45) is 0 Å². The molecule has 0 unspecified atom stereocenters. The molecule has 0 aliphatic rings. The van der Waals surface area contributed by atoms with Gasteiger partial charge in [-0.25, -0.2) is 4.57 Å². The lowest BCUT2D eigenvalue weighted by Gasteiger charge is -2.18. The van der Waals surface area contributed by atoms with E-state index in [9.17, 15) is 14.2 Å². The van der Waals surface area contributed by atoms with Crippen molar-refractivity contribution in [1.29, 1.82) is 0 Å². The molecule has 0 aliphatic carbocycles. The summed E-state index contributed by atoms with van der Waals surface area (Å²) in [5.41, 5.74) is 0. The lowest BCUT2D eigenvalue weighted by molar-refractivity contribution is -0.161. The molecule has 54 heavy (non-hydrogen) atoms. The Balaban J connectivity index is 4.21. The van der Waals surface area contributed by atoms with E-state index in [1.165, 1.54) is 19.3 Å². The molecule has 0 saturated heterocycles. The number of hydrogen-bond donors (Lipinski definition) is 2. The zero-order valence-corrected chi connectivity index (χ0v) is 34.0. The summed E-state index contributed by atoms with van der Waals surface area (Å²) in [7, 11) is -4.79. The Morgan fingerprint density at radius 3 is 1.33 bits per heavy atom. The van der Waals surface area contributed by atoms with Crippen molar-refractivity contribution >= 4 is 19.8 Å². The number of phosphoric acid groups is 1. The second-order valence-electron chi connectivity index (χ2n) is 12.5. The molecule has 2 N–H and O–H groups in total. The lowest BCUT2D eigenvalue weighted by Crippen LogP contribution is -2.29. The van der Waals surface area contributed by atoms with Crippen LogP contribution >= 0.6 is 7.82 Å². The first kappa shape index (κ1) is 50.5. The third kappa shape index (κ3) is 41.2. The van der Waals surface area contributed by atoms with E-state index in [1.54, 1.807) is 0 Å². The molecular weight excluding hydrogens is 699 g/mol. The summed E-state index contributed by atoms with van der Waals surface area (Å²) in [6, 6.07) is 0. The van der Waals surface area contributed by atoms with Gasteiger partial charge >= 0.3 is 19.8 Å². The average molecular weight is 769 g/mol. The predicted molar refractivity (Wildman–Crippen MR) is 225 cm³/mol. The van der Waals surface area contributed by atoms with Crippen LogP contribution in [0.5, 0.6) is 0 Å². The first-order valence-corrected chi connectivity index (χ1v) is 21.4. The maximum atomic E-state index is 12.4. The number of allylic oxidation sites excluding steroid dienone is 20. The molecule has 0 aliphatic heterocycles. The van der Waals surface area contributed by atoms with Crippen LogP contribution in [-0.2, 0) is 28.2 Å². The van der Waals surface area contributed by atoms with Crippen LogP contribution in [0, 0.1) is 0 Å². The van der Waals surface area contributed by atoms with Crippen molar-refractivity contribution in [3.8, 4) is 0 Å². The molecule has 9 heteroatoms. The van der Waals surface area contributed by atoms with Crippen molar-refractivity contribution in [2.75, 3.05) is 13.2 Å². The van der Waals surface area contributed by atoms with Crippen molar-refractivity contribution in [2.45, 2.75) is 136 Å². The molecule has 0 amide bonds. The number of esters is 2. The van der Waals surface area contributed by atoms with Crippen LogP contribution in [0.25, 0.3) is 0 Å². The van der Waals surface area contributed by atoms with Crippen LogP contribution in [-0.4, -0.2) is 41.0 Å². The summed E-state index contributed by atoms with van der Waals surface area (Å²) in [6.45, 7) is 3.41. The Bertz CT molecular complexity index is 1280. The molecule has 0 heterocycles. The second-order valence-corrected chi connectivity index (χ2v) is 13.8. The quantitative estimate of drug-likeness (QED) is 0.0287. The van der Waals surface area contributed by atoms with Gasteiger partial charge < -0.3 is 19.3 Å². The van der Waals surface area contributed by atoms with Gasteiger partial charge in [0.05, 0.1) is 6.61 Å². The van der Waals surface area contributed by atoms with E-state index >= 15 is 0 Å². The molecule has 0 saturated carbocycles. The van der Waals surface area contributed by atoms with E-state index in [4.69, 9.17) is 19.3 Å². The number of ether oxygens (including phenoxy) is 2. The van der Waals surface area contributed by atoms with E-state index in [0.29, 0.717) is 19.3 Å². The SMILES string of the molecule is CC/C=C\C/C=C\C/C=C\C/C=C\C/C=C\C/C=C\CCC(=O)O[C@H](COC(=O)CCC/C=C\C/C=C\C/C=C\C/C=C\CCCCC)COP(=O)(O)O. The fourth-order valence-corrected chi connectivity index (χ4v) is 4.93. The zero-order valence-electron chi connectivity index (χ0n) is 33.1. The van der Waals surface area contributed by atoms with Gasteiger partial charge in [-0.15, -0.1) is 0 Å². The molecule has 8 nitrogen and oxygen atoms in total. The van der Waals surface area contributed by atoms with Crippen LogP contribution in [0.4, 0.5) is 0 Å². The minimum absolute atomic E-state index is 0.0671. The van der Waals surface area contributed by atoms with Crippen LogP contribution in [0.1, 0.15) is 129 Å². The van der Waals surface area contributed by atoms with Gasteiger partial charge in [0.2, 0.25) is 0 Å². The third-order valence-corrected chi connectivity index (χ3v) is 7.96. The van der Waals surface area contributed by atoms with Crippen LogP contribution < -0.4 is 0 Å². The molecule has 1 atom stereocenters.